The average Bonchev–Trinajstić information content (AvgIpc) is 2.45. The first-order valence-electron chi connectivity index (χ1n) is 6.98. The van der Waals surface area contributed by atoms with Crippen molar-refractivity contribution in [3.63, 3.8) is 0 Å². The van der Waals surface area contributed by atoms with Crippen LogP contribution in [0, 0.1) is 13.8 Å². The molecular formula is C16H21N3O2. The molecule has 2 rings (SSSR count). The number of nitrogens with zero attached hydrogens (tertiary/aromatic N) is 2. The predicted molar refractivity (Wildman–Crippen MR) is 83.0 cm³/mol. The lowest BCUT2D eigenvalue weighted by atomic mass is 10.2. The Morgan fingerprint density at radius 2 is 1.90 bits per heavy atom. The number of hydrogen-bond acceptors (Lipinski definition) is 5. The largest absolute Gasteiger partial charge is 0.493 e. The van der Waals surface area contributed by atoms with Gasteiger partial charge in [-0.25, -0.2) is 9.97 Å². The summed E-state index contributed by atoms with van der Waals surface area (Å²) in [5.74, 6) is 3.10. The van der Waals surface area contributed by atoms with Crippen LogP contribution in [0.3, 0.4) is 0 Å². The molecule has 1 aromatic carbocycles. The molecule has 0 aliphatic heterocycles. The molecule has 0 radical (unpaired) electrons. The first kappa shape index (κ1) is 15.1. The lowest BCUT2D eigenvalue weighted by Gasteiger charge is -2.12. The van der Waals surface area contributed by atoms with E-state index in [9.17, 15) is 0 Å². The standard InChI is InChI=1S/C16H21N3O2/c1-5-21-15-9-13(6-7-14(15)20-4)10-17-16-8-11(2)18-12(3)19-16/h6-9H,5,10H2,1-4H3,(H,17,18,19). The average molecular weight is 287 g/mol. The number of anilines is 1. The molecule has 1 heterocycles. The Kier molecular flexibility index (Phi) is 4.98. The second-order valence-corrected chi connectivity index (χ2v) is 4.71. The van der Waals surface area contributed by atoms with Crippen LogP contribution < -0.4 is 14.8 Å². The van der Waals surface area contributed by atoms with Crippen molar-refractivity contribution in [2.24, 2.45) is 0 Å². The third-order valence-corrected chi connectivity index (χ3v) is 2.97. The van der Waals surface area contributed by atoms with E-state index in [0.717, 1.165) is 34.4 Å². The lowest BCUT2D eigenvalue weighted by Crippen LogP contribution is -2.04. The van der Waals surface area contributed by atoms with Gasteiger partial charge in [-0.05, 0) is 38.5 Å². The minimum atomic E-state index is 0.609. The van der Waals surface area contributed by atoms with E-state index in [1.807, 2.05) is 45.0 Å². The van der Waals surface area contributed by atoms with Crippen LogP contribution in [0.1, 0.15) is 24.0 Å². The zero-order valence-electron chi connectivity index (χ0n) is 12.9. The van der Waals surface area contributed by atoms with E-state index in [-0.39, 0.29) is 0 Å². The van der Waals surface area contributed by atoms with Gasteiger partial charge in [0.15, 0.2) is 11.5 Å². The molecule has 21 heavy (non-hydrogen) atoms. The number of methoxy groups -OCH3 is 1. The van der Waals surface area contributed by atoms with Crippen LogP contribution in [0.2, 0.25) is 0 Å². The van der Waals surface area contributed by atoms with Crippen molar-refractivity contribution in [3.8, 4) is 11.5 Å². The fourth-order valence-corrected chi connectivity index (χ4v) is 2.10. The van der Waals surface area contributed by atoms with Crippen LogP contribution in [0.5, 0.6) is 11.5 Å². The van der Waals surface area contributed by atoms with Crippen molar-refractivity contribution in [1.82, 2.24) is 9.97 Å². The van der Waals surface area contributed by atoms with Crippen LogP contribution in [0.25, 0.3) is 0 Å². The first-order chi connectivity index (χ1) is 10.1. The molecule has 0 fully saturated rings. The smallest absolute Gasteiger partial charge is 0.161 e. The molecule has 0 saturated carbocycles. The number of aromatic nitrogens is 2. The van der Waals surface area contributed by atoms with Gasteiger partial charge in [0, 0.05) is 18.3 Å². The fourth-order valence-electron chi connectivity index (χ4n) is 2.10. The lowest BCUT2D eigenvalue weighted by molar-refractivity contribution is 0.310. The Hall–Kier alpha value is -2.30. The summed E-state index contributed by atoms with van der Waals surface area (Å²) in [7, 11) is 1.64. The Balaban J connectivity index is 2.10. The van der Waals surface area contributed by atoms with Crippen LogP contribution in [0.15, 0.2) is 24.3 Å². The summed E-state index contributed by atoms with van der Waals surface area (Å²) in [6.07, 6.45) is 0. The maximum Gasteiger partial charge on any atom is 0.161 e. The topological polar surface area (TPSA) is 56.3 Å². The molecule has 0 saturated heterocycles. The summed E-state index contributed by atoms with van der Waals surface area (Å²) in [5.41, 5.74) is 2.06. The second kappa shape index (κ2) is 6.92. The van der Waals surface area contributed by atoms with Crippen molar-refractivity contribution in [1.29, 1.82) is 0 Å². The van der Waals surface area contributed by atoms with Crippen LogP contribution >= 0.6 is 0 Å². The van der Waals surface area contributed by atoms with Crippen molar-refractivity contribution in [2.45, 2.75) is 27.3 Å². The predicted octanol–water partition coefficient (Wildman–Crippen LogP) is 3.11. The zero-order valence-corrected chi connectivity index (χ0v) is 12.9. The highest BCUT2D eigenvalue weighted by atomic mass is 16.5. The minimum Gasteiger partial charge on any atom is -0.493 e. The number of aryl methyl sites for hydroxylation is 2. The molecule has 0 amide bonds. The highest BCUT2D eigenvalue weighted by Gasteiger charge is 2.06. The van der Waals surface area contributed by atoms with E-state index in [0.29, 0.717) is 13.2 Å². The van der Waals surface area contributed by atoms with Crippen LogP contribution in [-0.4, -0.2) is 23.7 Å². The van der Waals surface area contributed by atoms with E-state index in [1.165, 1.54) is 0 Å². The Labute approximate surface area is 125 Å². The summed E-state index contributed by atoms with van der Waals surface area (Å²) in [4.78, 5) is 8.63. The van der Waals surface area contributed by atoms with Crippen LogP contribution in [-0.2, 0) is 6.54 Å². The third-order valence-electron chi connectivity index (χ3n) is 2.97. The number of ether oxygens (including phenoxy) is 2. The molecule has 5 heteroatoms. The Morgan fingerprint density at radius 3 is 2.57 bits per heavy atom. The fraction of sp³-hybridized carbons (Fsp3) is 0.375. The molecule has 2 aromatic rings. The SMILES string of the molecule is CCOc1cc(CNc2cc(C)nc(C)n2)ccc1OC. The van der Waals surface area contributed by atoms with Gasteiger partial charge in [0.2, 0.25) is 0 Å². The monoisotopic (exact) mass is 287 g/mol. The zero-order chi connectivity index (χ0) is 15.2. The van der Waals surface area contributed by atoms with Gasteiger partial charge in [-0.2, -0.15) is 0 Å². The molecule has 0 aliphatic carbocycles. The van der Waals surface area contributed by atoms with Gasteiger partial charge in [-0.3, -0.25) is 0 Å². The maximum absolute atomic E-state index is 5.58. The van der Waals surface area contributed by atoms with Crippen molar-refractivity contribution in [2.75, 3.05) is 19.0 Å². The van der Waals surface area contributed by atoms with Gasteiger partial charge in [0.05, 0.1) is 13.7 Å². The van der Waals surface area contributed by atoms with Crippen LogP contribution in [0.4, 0.5) is 5.82 Å². The van der Waals surface area contributed by atoms with Gasteiger partial charge in [-0.1, -0.05) is 6.07 Å². The molecule has 0 unspecified atom stereocenters. The van der Waals surface area contributed by atoms with Gasteiger partial charge < -0.3 is 14.8 Å². The summed E-state index contributed by atoms with van der Waals surface area (Å²) >= 11 is 0. The Morgan fingerprint density at radius 1 is 1.10 bits per heavy atom. The van der Waals surface area contributed by atoms with Crippen molar-refractivity contribution in [3.05, 3.63) is 41.3 Å². The van der Waals surface area contributed by atoms with E-state index >= 15 is 0 Å². The molecule has 0 atom stereocenters. The molecule has 5 nitrogen and oxygen atoms in total. The molecule has 1 N–H and O–H groups in total. The molecule has 0 aliphatic rings. The summed E-state index contributed by atoms with van der Waals surface area (Å²) in [5, 5.41) is 3.30. The summed E-state index contributed by atoms with van der Waals surface area (Å²) in [6.45, 7) is 7.08. The molecular weight excluding hydrogens is 266 g/mol. The summed E-state index contributed by atoms with van der Waals surface area (Å²) in [6, 6.07) is 7.84. The number of benzene rings is 1. The van der Waals surface area contributed by atoms with Gasteiger partial charge >= 0.3 is 0 Å². The summed E-state index contributed by atoms with van der Waals surface area (Å²) < 4.78 is 10.9. The van der Waals surface area contributed by atoms with E-state index < -0.39 is 0 Å². The molecule has 1 aromatic heterocycles. The number of nitrogens with one attached hydrogen (secondary N) is 1. The Bertz CT molecular complexity index is 594. The maximum atomic E-state index is 5.58. The number of rotatable bonds is 6. The van der Waals surface area contributed by atoms with Crippen molar-refractivity contribution < 1.29 is 9.47 Å². The molecule has 0 spiro atoms. The highest BCUT2D eigenvalue weighted by molar-refractivity contribution is 5.44. The first-order valence-corrected chi connectivity index (χ1v) is 6.98. The van der Waals surface area contributed by atoms with E-state index in [2.05, 4.69) is 15.3 Å². The second-order valence-electron chi connectivity index (χ2n) is 4.71. The third kappa shape index (κ3) is 4.08. The van der Waals surface area contributed by atoms with Crippen molar-refractivity contribution >= 4 is 5.82 Å². The van der Waals surface area contributed by atoms with Gasteiger partial charge in [-0.15, -0.1) is 0 Å². The normalized spacial score (nSPS) is 10.3. The highest BCUT2D eigenvalue weighted by Crippen LogP contribution is 2.28. The number of hydrogen-bond donors (Lipinski definition) is 1. The minimum absolute atomic E-state index is 0.609. The molecule has 0 bridgehead atoms. The van der Waals surface area contributed by atoms with Gasteiger partial charge in [0.1, 0.15) is 11.6 Å². The van der Waals surface area contributed by atoms with E-state index in [1.54, 1.807) is 7.11 Å². The quantitative estimate of drug-likeness (QED) is 0.884. The van der Waals surface area contributed by atoms with E-state index in [4.69, 9.17) is 9.47 Å². The van der Waals surface area contributed by atoms with Gasteiger partial charge in [0.25, 0.3) is 0 Å². The molecule has 112 valence electrons.